The summed E-state index contributed by atoms with van der Waals surface area (Å²) in [7, 11) is 0. The number of carbonyl (C=O) groups is 3. The zero-order chi connectivity index (χ0) is 26.1. The van der Waals surface area contributed by atoms with Crippen molar-refractivity contribution in [3.8, 4) is 11.1 Å². The Labute approximate surface area is 210 Å². The highest BCUT2D eigenvalue weighted by molar-refractivity contribution is 5.86. The average molecular weight is 494 g/mol. The number of nitrogens with one attached hydrogen (secondary N) is 2. The van der Waals surface area contributed by atoms with E-state index in [-0.39, 0.29) is 18.9 Å². The molecular weight excluding hydrogens is 462 g/mol. The van der Waals surface area contributed by atoms with E-state index in [9.17, 15) is 14.4 Å². The molecule has 1 aliphatic carbocycles. The number of azide groups is 1. The van der Waals surface area contributed by atoms with Crippen molar-refractivity contribution in [1.29, 1.82) is 0 Å². The Kier molecular flexibility index (Phi) is 8.91. The van der Waals surface area contributed by atoms with Gasteiger partial charge in [-0.1, -0.05) is 48.5 Å². The van der Waals surface area contributed by atoms with Crippen LogP contribution < -0.4 is 10.6 Å². The first kappa shape index (κ1) is 26.6. The summed E-state index contributed by atoms with van der Waals surface area (Å²) < 4.78 is 10.7. The summed E-state index contributed by atoms with van der Waals surface area (Å²) in [4.78, 5) is 39.0. The highest BCUT2D eigenvalue weighted by Gasteiger charge is 2.29. The Morgan fingerprint density at radius 1 is 1.00 bits per heavy atom. The number of hydrogen-bond acceptors (Lipinski definition) is 5. The summed E-state index contributed by atoms with van der Waals surface area (Å²) in [5.41, 5.74) is 12.4. The summed E-state index contributed by atoms with van der Waals surface area (Å²) in [6.07, 6.45) is -0.0586. The number of fused-ring (bicyclic) bond motifs is 3. The molecule has 0 aliphatic heterocycles. The third-order valence-corrected chi connectivity index (χ3v) is 5.66. The van der Waals surface area contributed by atoms with Crippen LogP contribution in [0.3, 0.4) is 0 Å². The van der Waals surface area contributed by atoms with E-state index in [2.05, 4.69) is 20.7 Å². The van der Waals surface area contributed by atoms with Gasteiger partial charge in [-0.3, -0.25) is 4.79 Å². The van der Waals surface area contributed by atoms with E-state index in [1.54, 1.807) is 20.8 Å². The van der Waals surface area contributed by atoms with Crippen LogP contribution in [0.1, 0.15) is 57.1 Å². The van der Waals surface area contributed by atoms with Gasteiger partial charge in [-0.25, -0.2) is 9.59 Å². The second-order valence-electron chi connectivity index (χ2n) is 9.47. The van der Waals surface area contributed by atoms with Gasteiger partial charge in [0.05, 0.1) is 6.04 Å². The van der Waals surface area contributed by atoms with Crippen molar-refractivity contribution >= 4 is 18.1 Å². The molecule has 2 N–H and O–H groups in total. The maximum absolute atomic E-state index is 12.6. The number of hydrogen-bond donors (Lipinski definition) is 2. The molecule has 2 aromatic rings. The van der Waals surface area contributed by atoms with E-state index in [1.807, 2.05) is 48.5 Å². The zero-order valence-electron chi connectivity index (χ0n) is 20.7. The van der Waals surface area contributed by atoms with Crippen molar-refractivity contribution in [3.63, 3.8) is 0 Å². The number of amides is 3. The van der Waals surface area contributed by atoms with E-state index in [1.165, 1.54) is 0 Å². The van der Waals surface area contributed by atoms with Gasteiger partial charge in [0.1, 0.15) is 12.2 Å². The molecule has 0 bridgehead atoms. The van der Waals surface area contributed by atoms with Gasteiger partial charge in [0.2, 0.25) is 5.91 Å². The predicted molar refractivity (Wildman–Crippen MR) is 134 cm³/mol. The molecule has 0 fully saturated rings. The minimum atomic E-state index is -1.03. The summed E-state index contributed by atoms with van der Waals surface area (Å²) in [5.74, 6) is -0.917. The Balaban J connectivity index is 1.52. The molecule has 1 atom stereocenters. The maximum Gasteiger partial charge on any atom is 0.407 e. The third-order valence-electron chi connectivity index (χ3n) is 5.66. The first-order chi connectivity index (χ1) is 17.2. The number of unbranched alkanes of at least 4 members (excludes halogenated alkanes) is 1. The van der Waals surface area contributed by atoms with E-state index < -0.39 is 29.7 Å². The quantitative estimate of drug-likeness (QED) is 0.207. The van der Waals surface area contributed by atoms with E-state index in [0.29, 0.717) is 19.4 Å². The fourth-order valence-corrected chi connectivity index (χ4v) is 4.13. The molecule has 3 amide bonds. The molecule has 1 aliphatic rings. The molecule has 0 heterocycles. The summed E-state index contributed by atoms with van der Waals surface area (Å²) in [5, 5.41) is 8.28. The number of alkyl carbamates (subject to hydrolysis) is 2. The normalized spacial score (nSPS) is 13.0. The third kappa shape index (κ3) is 7.23. The SMILES string of the molecule is CC(C)(C)OC(=O)NCCCC[C@H](NC(=O)OCC1c2ccccc2-c2ccccc21)C(=O)N=[N+]=[N-]. The Morgan fingerprint density at radius 3 is 2.19 bits per heavy atom. The van der Waals surface area contributed by atoms with Crippen LogP contribution in [0, 0.1) is 0 Å². The van der Waals surface area contributed by atoms with Crippen LogP contribution in [0.4, 0.5) is 9.59 Å². The lowest BCUT2D eigenvalue weighted by Crippen LogP contribution is -2.41. The number of carbonyl (C=O) groups excluding carboxylic acids is 3. The lowest BCUT2D eigenvalue weighted by Gasteiger charge is -2.20. The van der Waals surface area contributed by atoms with Crippen molar-refractivity contribution < 1.29 is 23.9 Å². The first-order valence-electron chi connectivity index (χ1n) is 11.9. The molecule has 2 aromatic carbocycles. The van der Waals surface area contributed by atoms with E-state index in [0.717, 1.165) is 22.3 Å². The summed E-state index contributed by atoms with van der Waals surface area (Å²) in [6.45, 7) is 5.75. The van der Waals surface area contributed by atoms with Gasteiger partial charge >= 0.3 is 12.2 Å². The highest BCUT2D eigenvalue weighted by Crippen LogP contribution is 2.44. The number of rotatable bonds is 9. The fraction of sp³-hybridized carbons (Fsp3) is 0.423. The number of nitrogens with zero attached hydrogens (tertiary/aromatic N) is 3. The minimum absolute atomic E-state index is 0.0993. The summed E-state index contributed by atoms with van der Waals surface area (Å²) in [6, 6.07) is 14.9. The fourth-order valence-electron chi connectivity index (χ4n) is 4.13. The zero-order valence-corrected chi connectivity index (χ0v) is 20.7. The molecule has 0 aromatic heterocycles. The van der Waals surface area contributed by atoms with E-state index >= 15 is 0 Å². The molecule has 10 heteroatoms. The molecule has 3 rings (SSSR count). The second-order valence-corrected chi connectivity index (χ2v) is 9.47. The Hall–Kier alpha value is -4.04. The Morgan fingerprint density at radius 2 is 1.61 bits per heavy atom. The van der Waals surface area contributed by atoms with Gasteiger partial charge in [-0.15, -0.1) is 0 Å². The lowest BCUT2D eigenvalue weighted by atomic mass is 9.98. The van der Waals surface area contributed by atoms with Crippen LogP contribution in [0.25, 0.3) is 21.6 Å². The molecule has 0 radical (unpaired) electrons. The van der Waals surface area contributed by atoms with Gasteiger partial charge in [-0.2, -0.15) is 0 Å². The smallest absolute Gasteiger partial charge is 0.407 e. The van der Waals surface area contributed by atoms with Gasteiger partial charge in [0.15, 0.2) is 0 Å². The van der Waals surface area contributed by atoms with Crippen molar-refractivity contribution in [3.05, 3.63) is 70.1 Å². The molecule has 0 spiro atoms. The van der Waals surface area contributed by atoms with Gasteiger partial charge in [0.25, 0.3) is 0 Å². The monoisotopic (exact) mass is 493 g/mol. The maximum atomic E-state index is 12.6. The van der Waals surface area contributed by atoms with Gasteiger partial charge in [-0.05, 0) is 72.9 Å². The molecule has 36 heavy (non-hydrogen) atoms. The highest BCUT2D eigenvalue weighted by atomic mass is 16.6. The van der Waals surface area contributed by atoms with Crippen LogP contribution in [0.2, 0.25) is 0 Å². The second kappa shape index (κ2) is 12.1. The molecule has 190 valence electrons. The number of benzene rings is 2. The van der Waals surface area contributed by atoms with Crippen LogP contribution in [0.15, 0.2) is 53.6 Å². The van der Waals surface area contributed by atoms with Gasteiger partial charge < -0.3 is 20.1 Å². The molecule has 0 saturated carbocycles. The lowest BCUT2D eigenvalue weighted by molar-refractivity contribution is -0.120. The molecule has 0 unspecified atom stereocenters. The van der Waals surface area contributed by atoms with Crippen LogP contribution in [0.5, 0.6) is 0 Å². The van der Waals surface area contributed by atoms with Crippen molar-refractivity contribution in [2.75, 3.05) is 13.2 Å². The summed E-state index contributed by atoms with van der Waals surface area (Å²) >= 11 is 0. The molecular formula is C26H31N5O5. The average Bonchev–Trinajstić information content (AvgIpc) is 3.14. The Bertz CT molecular complexity index is 1110. The first-order valence-corrected chi connectivity index (χ1v) is 11.9. The van der Waals surface area contributed by atoms with Crippen molar-refractivity contribution in [2.24, 2.45) is 5.11 Å². The number of ether oxygens (including phenoxy) is 2. The topological polar surface area (TPSA) is 142 Å². The standard InChI is InChI=1S/C26H31N5O5/c1-26(2,3)36-24(33)28-15-9-8-14-22(23(32)30-31-27)29-25(34)35-16-21-19-12-6-4-10-17(19)18-11-5-7-13-20(18)21/h4-7,10-13,21-22H,8-9,14-16H2,1-3H3,(H,28,33)(H,29,34)/t22-/m0/s1. The molecule has 0 saturated heterocycles. The van der Waals surface area contributed by atoms with E-state index in [4.69, 9.17) is 15.0 Å². The van der Waals surface area contributed by atoms with Crippen molar-refractivity contribution in [2.45, 2.75) is 57.6 Å². The largest absolute Gasteiger partial charge is 0.449 e. The van der Waals surface area contributed by atoms with Crippen LogP contribution in [-0.2, 0) is 14.3 Å². The predicted octanol–water partition coefficient (Wildman–Crippen LogP) is 5.43. The minimum Gasteiger partial charge on any atom is -0.449 e. The van der Waals surface area contributed by atoms with Crippen LogP contribution in [-0.4, -0.2) is 42.9 Å². The van der Waals surface area contributed by atoms with Crippen molar-refractivity contribution in [1.82, 2.24) is 10.6 Å². The van der Waals surface area contributed by atoms with Crippen LogP contribution >= 0.6 is 0 Å². The molecule has 10 nitrogen and oxygen atoms in total. The van der Waals surface area contributed by atoms with Gasteiger partial charge in [0, 0.05) is 17.4 Å².